The first-order chi connectivity index (χ1) is 12.5. The van der Waals surface area contributed by atoms with E-state index in [1.807, 2.05) is 12.3 Å². The molecule has 0 bridgehead atoms. The zero-order chi connectivity index (χ0) is 18.9. The molecule has 0 atom stereocenters. The Balaban J connectivity index is 0.00000364. The van der Waals surface area contributed by atoms with E-state index in [9.17, 15) is 0 Å². The summed E-state index contributed by atoms with van der Waals surface area (Å²) in [5, 5.41) is 6.72. The number of nitrogens with zero attached hydrogens (tertiary/aromatic N) is 3. The van der Waals surface area contributed by atoms with Gasteiger partial charge in [-0.15, -0.1) is 24.0 Å². The molecule has 2 rings (SSSR count). The van der Waals surface area contributed by atoms with E-state index in [0.29, 0.717) is 24.5 Å². The monoisotopic (exact) mass is 489 g/mol. The van der Waals surface area contributed by atoms with Crippen LogP contribution in [0, 0.1) is 5.92 Å². The first-order valence-electron chi connectivity index (χ1n) is 9.77. The van der Waals surface area contributed by atoms with Gasteiger partial charge < -0.3 is 15.4 Å². The predicted molar refractivity (Wildman–Crippen MR) is 123 cm³/mol. The number of rotatable bonds is 10. The van der Waals surface area contributed by atoms with Crippen LogP contribution >= 0.6 is 24.0 Å². The number of aliphatic imine (C=N–C) groups is 1. The molecule has 1 aliphatic rings. The summed E-state index contributed by atoms with van der Waals surface area (Å²) >= 11 is 0. The lowest BCUT2D eigenvalue weighted by Crippen LogP contribution is -2.45. The number of guanidine groups is 1. The molecule has 2 N–H and O–H groups in total. The molecule has 1 aromatic heterocycles. The van der Waals surface area contributed by atoms with Gasteiger partial charge in [0, 0.05) is 51.0 Å². The maximum Gasteiger partial charge on any atom is 0.213 e. The van der Waals surface area contributed by atoms with E-state index >= 15 is 0 Å². The molecule has 6 nitrogen and oxygen atoms in total. The largest absolute Gasteiger partial charge is 0.477 e. The predicted octanol–water partition coefficient (Wildman–Crippen LogP) is 3.27. The average molecular weight is 489 g/mol. The molecule has 1 heterocycles. The Morgan fingerprint density at radius 2 is 1.93 bits per heavy atom. The van der Waals surface area contributed by atoms with E-state index in [0.717, 1.165) is 37.1 Å². The first-order valence-corrected chi connectivity index (χ1v) is 9.77. The number of ether oxygens (including phenoxy) is 1. The number of pyridine rings is 1. The van der Waals surface area contributed by atoms with Gasteiger partial charge >= 0.3 is 0 Å². The molecule has 0 aromatic carbocycles. The van der Waals surface area contributed by atoms with Crippen LogP contribution in [0.4, 0.5) is 0 Å². The van der Waals surface area contributed by atoms with Gasteiger partial charge in [0.05, 0.1) is 6.61 Å². The van der Waals surface area contributed by atoms with Crippen molar-refractivity contribution in [3.63, 3.8) is 0 Å². The second kappa shape index (κ2) is 12.4. The Bertz CT molecular complexity index is 550. The fourth-order valence-corrected chi connectivity index (χ4v) is 2.91. The maximum absolute atomic E-state index is 5.67. The summed E-state index contributed by atoms with van der Waals surface area (Å²) in [6.45, 7) is 12.3. The lowest BCUT2D eigenvalue weighted by Gasteiger charge is -2.30. The van der Waals surface area contributed by atoms with Crippen LogP contribution < -0.4 is 15.4 Å². The number of aromatic nitrogens is 1. The van der Waals surface area contributed by atoms with Gasteiger partial charge in [-0.25, -0.2) is 4.98 Å². The quantitative estimate of drug-likeness (QED) is 0.300. The van der Waals surface area contributed by atoms with Crippen LogP contribution in [-0.4, -0.2) is 54.7 Å². The lowest BCUT2D eigenvalue weighted by atomic mass is 10.2. The summed E-state index contributed by atoms with van der Waals surface area (Å²) in [6.07, 6.45) is 4.45. The number of nitrogens with one attached hydrogen (secondary N) is 2. The maximum atomic E-state index is 5.67. The van der Waals surface area contributed by atoms with E-state index in [1.54, 1.807) is 7.05 Å². The van der Waals surface area contributed by atoms with Gasteiger partial charge in [-0.05, 0) is 52.0 Å². The van der Waals surface area contributed by atoms with Crippen molar-refractivity contribution in [2.24, 2.45) is 10.9 Å². The SMILES string of the molecule is CN=C(NCCN(C(C)C)C(C)C)NCc1ccc(OCC2CC2)nc1.I. The second-order valence-corrected chi connectivity index (χ2v) is 7.54. The number of halogens is 1. The van der Waals surface area contributed by atoms with Gasteiger partial charge in [-0.1, -0.05) is 6.07 Å². The number of hydrogen-bond acceptors (Lipinski definition) is 4. The average Bonchev–Trinajstić information content (AvgIpc) is 3.44. The molecule has 1 fully saturated rings. The van der Waals surface area contributed by atoms with E-state index < -0.39 is 0 Å². The Morgan fingerprint density at radius 3 is 2.44 bits per heavy atom. The van der Waals surface area contributed by atoms with Crippen molar-refractivity contribution in [3.8, 4) is 5.88 Å². The molecule has 0 unspecified atom stereocenters. The Labute approximate surface area is 181 Å². The van der Waals surface area contributed by atoms with Crippen molar-refractivity contribution in [1.29, 1.82) is 0 Å². The van der Waals surface area contributed by atoms with Crippen molar-refractivity contribution >= 4 is 29.9 Å². The lowest BCUT2D eigenvalue weighted by molar-refractivity contribution is 0.178. The zero-order valence-corrected chi connectivity index (χ0v) is 19.7. The van der Waals surface area contributed by atoms with Crippen molar-refractivity contribution in [2.75, 3.05) is 26.7 Å². The van der Waals surface area contributed by atoms with E-state index in [4.69, 9.17) is 4.74 Å². The third-order valence-electron chi connectivity index (χ3n) is 4.63. The Morgan fingerprint density at radius 1 is 1.22 bits per heavy atom. The molecule has 0 aliphatic heterocycles. The molecular formula is C20H36IN5O. The van der Waals surface area contributed by atoms with Crippen molar-refractivity contribution < 1.29 is 4.74 Å². The molecule has 0 amide bonds. The summed E-state index contributed by atoms with van der Waals surface area (Å²) in [5.41, 5.74) is 1.11. The van der Waals surface area contributed by atoms with Crippen molar-refractivity contribution in [2.45, 2.75) is 59.2 Å². The smallest absolute Gasteiger partial charge is 0.213 e. The topological polar surface area (TPSA) is 61.8 Å². The van der Waals surface area contributed by atoms with Crippen LogP contribution in [0.3, 0.4) is 0 Å². The highest BCUT2D eigenvalue weighted by Crippen LogP contribution is 2.29. The fraction of sp³-hybridized carbons (Fsp3) is 0.700. The summed E-state index contributed by atoms with van der Waals surface area (Å²) in [7, 11) is 1.80. The Hall–Kier alpha value is -1.09. The van der Waals surface area contributed by atoms with Gasteiger partial charge in [0.25, 0.3) is 0 Å². The van der Waals surface area contributed by atoms with E-state index in [1.165, 1.54) is 12.8 Å². The minimum Gasteiger partial charge on any atom is -0.477 e. The van der Waals surface area contributed by atoms with Gasteiger partial charge in [0.2, 0.25) is 5.88 Å². The molecular weight excluding hydrogens is 453 g/mol. The van der Waals surface area contributed by atoms with E-state index in [2.05, 4.69) is 59.3 Å². The highest BCUT2D eigenvalue weighted by atomic mass is 127. The normalized spacial score (nSPS) is 14.4. The van der Waals surface area contributed by atoms with Crippen LogP contribution in [-0.2, 0) is 6.54 Å². The van der Waals surface area contributed by atoms with Gasteiger partial charge in [-0.2, -0.15) is 0 Å². The summed E-state index contributed by atoms with van der Waals surface area (Å²) in [4.78, 5) is 11.1. The molecule has 0 spiro atoms. The molecule has 0 radical (unpaired) electrons. The minimum atomic E-state index is 0. The summed E-state index contributed by atoms with van der Waals surface area (Å²) < 4.78 is 5.67. The fourth-order valence-electron chi connectivity index (χ4n) is 2.91. The highest BCUT2D eigenvalue weighted by molar-refractivity contribution is 14.0. The second-order valence-electron chi connectivity index (χ2n) is 7.54. The molecule has 154 valence electrons. The van der Waals surface area contributed by atoms with Crippen LogP contribution in [0.25, 0.3) is 0 Å². The molecule has 1 saturated carbocycles. The third-order valence-corrected chi connectivity index (χ3v) is 4.63. The standard InChI is InChI=1S/C20H35N5O.HI/c1-15(2)25(16(3)4)11-10-22-20(21-5)24-13-18-8-9-19(23-12-18)26-14-17-6-7-17;/h8-9,12,15-17H,6-7,10-11,13-14H2,1-5H3,(H2,21,22,24);1H. The van der Waals surface area contributed by atoms with Gasteiger partial charge in [0.15, 0.2) is 5.96 Å². The first kappa shape index (κ1) is 23.9. The van der Waals surface area contributed by atoms with Crippen LogP contribution in [0.15, 0.2) is 23.3 Å². The van der Waals surface area contributed by atoms with Gasteiger partial charge in [0.1, 0.15) is 0 Å². The molecule has 1 aromatic rings. The van der Waals surface area contributed by atoms with Gasteiger partial charge in [-0.3, -0.25) is 9.89 Å². The third kappa shape index (κ3) is 9.10. The molecule has 0 saturated heterocycles. The van der Waals surface area contributed by atoms with Crippen LogP contribution in [0.5, 0.6) is 5.88 Å². The minimum absolute atomic E-state index is 0. The summed E-state index contributed by atoms with van der Waals surface area (Å²) in [5.74, 6) is 2.27. The van der Waals surface area contributed by atoms with Crippen LogP contribution in [0.1, 0.15) is 46.1 Å². The van der Waals surface area contributed by atoms with Crippen LogP contribution in [0.2, 0.25) is 0 Å². The molecule has 7 heteroatoms. The van der Waals surface area contributed by atoms with E-state index in [-0.39, 0.29) is 24.0 Å². The van der Waals surface area contributed by atoms with Crippen molar-refractivity contribution in [3.05, 3.63) is 23.9 Å². The molecule has 1 aliphatic carbocycles. The Kier molecular flexibility index (Phi) is 11.0. The summed E-state index contributed by atoms with van der Waals surface area (Å²) in [6, 6.07) is 5.07. The zero-order valence-electron chi connectivity index (χ0n) is 17.4. The van der Waals surface area contributed by atoms with Crippen molar-refractivity contribution in [1.82, 2.24) is 20.5 Å². The number of hydrogen-bond donors (Lipinski definition) is 2. The highest BCUT2D eigenvalue weighted by Gasteiger charge is 2.22. The molecule has 27 heavy (non-hydrogen) atoms.